The molecule has 0 aliphatic carbocycles. The number of hydrogen-bond donors (Lipinski definition) is 2. The van der Waals surface area contributed by atoms with Crippen LogP contribution in [0.15, 0.2) is 76.2 Å². The second-order valence-electron chi connectivity index (χ2n) is 8.08. The quantitative estimate of drug-likeness (QED) is 0.565. The monoisotopic (exact) mass is 467 g/mol. The average Bonchev–Trinajstić information content (AvgIpc) is 3.35. The second kappa shape index (κ2) is 9.60. The number of rotatable bonds is 6. The number of nitrogens with zero attached hydrogens (tertiary/aromatic N) is 1. The molecule has 2 heterocycles. The maximum absolute atomic E-state index is 12.9. The van der Waals surface area contributed by atoms with Crippen molar-refractivity contribution >= 4 is 33.2 Å². The number of carbonyl (C=O) groups excluding carboxylic acids is 2. The summed E-state index contributed by atoms with van der Waals surface area (Å²) in [7, 11) is -3.57. The average molecular weight is 468 g/mol. The van der Waals surface area contributed by atoms with Gasteiger partial charge in [-0.15, -0.1) is 0 Å². The number of furan rings is 1. The van der Waals surface area contributed by atoms with Gasteiger partial charge in [-0.05, 0) is 73.4 Å². The highest BCUT2D eigenvalue weighted by Crippen LogP contribution is 2.24. The van der Waals surface area contributed by atoms with Crippen LogP contribution < -0.4 is 10.6 Å². The van der Waals surface area contributed by atoms with E-state index in [4.69, 9.17) is 4.42 Å². The van der Waals surface area contributed by atoms with Gasteiger partial charge in [-0.25, -0.2) is 8.42 Å². The summed E-state index contributed by atoms with van der Waals surface area (Å²) in [5, 5.41) is 5.46. The minimum absolute atomic E-state index is 0.177. The molecule has 1 aliphatic heterocycles. The van der Waals surface area contributed by atoms with Crippen LogP contribution in [0.1, 0.15) is 40.7 Å². The summed E-state index contributed by atoms with van der Waals surface area (Å²) in [6, 6.07) is 15.8. The smallest absolute Gasteiger partial charge is 0.291 e. The van der Waals surface area contributed by atoms with Crippen molar-refractivity contribution in [2.75, 3.05) is 23.7 Å². The van der Waals surface area contributed by atoms with E-state index < -0.39 is 15.9 Å². The predicted octanol–water partition coefficient (Wildman–Crippen LogP) is 4.20. The topological polar surface area (TPSA) is 109 Å². The highest BCUT2D eigenvalue weighted by atomic mass is 32.2. The normalized spacial score (nSPS) is 15.2. The van der Waals surface area contributed by atoms with Gasteiger partial charge in [0.15, 0.2) is 5.76 Å². The van der Waals surface area contributed by atoms with E-state index in [0.29, 0.717) is 35.9 Å². The Labute approximate surface area is 192 Å². The summed E-state index contributed by atoms with van der Waals surface area (Å²) in [5.41, 5.74) is 1.30. The summed E-state index contributed by atoms with van der Waals surface area (Å²) in [4.78, 5) is 25.0. The van der Waals surface area contributed by atoms with E-state index in [2.05, 4.69) is 17.6 Å². The Morgan fingerprint density at radius 3 is 2.15 bits per heavy atom. The zero-order valence-electron chi connectivity index (χ0n) is 18.2. The molecule has 2 aromatic carbocycles. The predicted molar refractivity (Wildman–Crippen MR) is 125 cm³/mol. The van der Waals surface area contributed by atoms with Gasteiger partial charge < -0.3 is 15.1 Å². The molecular weight excluding hydrogens is 442 g/mol. The molecular formula is C24H25N3O5S. The van der Waals surface area contributed by atoms with E-state index in [1.807, 2.05) is 0 Å². The van der Waals surface area contributed by atoms with E-state index in [1.54, 1.807) is 36.4 Å². The van der Waals surface area contributed by atoms with Crippen LogP contribution in [-0.2, 0) is 10.0 Å². The molecule has 9 heteroatoms. The third kappa shape index (κ3) is 5.32. The van der Waals surface area contributed by atoms with Crippen LogP contribution in [0.2, 0.25) is 0 Å². The van der Waals surface area contributed by atoms with Gasteiger partial charge in [0, 0.05) is 30.0 Å². The van der Waals surface area contributed by atoms with Gasteiger partial charge in [-0.2, -0.15) is 4.31 Å². The molecule has 1 saturated heterocycles. The van der Waals surface area contributed by atoms with Crippen LogP contribution in [0.5, 0.6) is 0 Å². The molecule has 2 N–H and O–H groups in total. The minimum atomic E-state index is -3.57. The summed E-state index contributed by atoms with van der Waals surface area (Å²) < 4.78 is 32.3. The Morgan fingerprint density at radius 2 is 1.55 bits per heavy atom. The van der Waals surface area contributed by atoms with Crippen molar-refractivity contribution in [3.05, 3.63) is 78.3 Å². The van der Waals surface area contributed by atoms with Crippen molar-refractivity contribution in [2.45, 2.75) is 24.7 Å². The van der Waals surface area contributed by atoms with Gasteiger partial charge >= 0.3 is 0 Å². The number of anilines is 2. The van der Waals surface area contributed by atoms with Crippen molar-refractivity contribution in [1.82, 2.24) is 4.31 Å². The SMILES string of the molecule is CC1CCN(S(=O)(=O)c2ccc(C(=O)Nc3cccc(NC(=O)c4ccco4)c3)cc2)CC1. The molecule has 0 bridgehead atoms. The van der Waals surface area contributed by atoms with Crippen molar-refractivity contribution < 1.29 is 22.4 Å². The molecule has 1 aliphatic rings. The summed E-state index contributed by atoms with van der Waals surface area (Å²) >= 11 is 0. The lowest BCUT2D eigenvalue weighted by molar-refractivity contribution is 0.0995. The van der Waals surface area contributed by atoms with Crippen molar-refractivity contribution in [1.29, 1.82) is 0 Å². The molecule has 0 unspecified atom stereocenters. The molecule has 4 rings (SSSR count). The molecule has 0 atom stereocenters. The Morgan fingerprint density at radius 1 is 0.909 bits per heavy atom. The fourth-order valence-electron chi connectivity index (χ4n) is 3.63. The van der Waals surface area contributed by atoms with Gasteiger partial charge in [0.05, 0.1) is 11.2 Å². The summed E-state index contributed by atoms with van der Waals surface area (Å²) in [5.74, 6) is -0.0817. The number of amides is 2. The Kier molecular flexibility index (Phi) is 6.62. The number of carbonyl (C=O) groups is 2. The first-order valence-corrected chi connectivity index (χ1v) is 12.1. The van der Waals surface area contributed by atoms with Crippen LogP contribution in [0.3, 0.4) is 0 Å². The highest BCUT2D eigenvalue weighted by Gasteiger charge is 2.28. The van der Waals surface area contributed by atoms with E-state index in [-0.39, 0.29) is 16.6 Å². The first-order valence-electron chi connectivity index (χ1n) is 10.7. The van der Waals surface area contributed by atoms with Gasteiger partial charge in [0.25, 0.3) is 11.8 Å². The van der Waals surface area contributed by atoms with E-state index in [1.165, 1.54) is 34.8 Å². The summed E-state index contributed by atoms with van der Waals surface area (Å²) in [6.45, 7) is 3.15. The first kappa shape index (κ1) is 22.8. The number of hydrogen-bond acceptors (Lipinski definition) is 5. The molecule has 1 aromatic heterocycles. The van der Waals surface area contributed by atoms with Crippen molar-refractivity contribution in [3.63, 3.8) is 0 Å². The van der Waals surface area contributed by atoms with Crippen molar-refractivity contribution in [2.24, 2.45) is 5.92 Å². The van der Waals surface area contributed by atoms with E-state index >= 15 is 0 Å². The van der Waals surface area contributed by atoms with Crippen LogP contribution in [0, 0.1) is 5.92 Å². The third-order valence-corrected chi connectivity index (χ3v) is 7.53. The number of benzene rings is 2. The maximum Gasteiger partial charge on any atom is 0.291 e. The van der Waals surface area contributed by atoms with Crippen LogP contribution >= 0.6 is 0 Å². The molecule has 1 fully saturated rings. The maximum atomic E-state index is 12.9. The zero-order chi connectivity index (χ0) is 23.4. The molecule has 3 aromatic rings. The standard InChI is InChI=1S/C24H25N3O5S/c1-17-11-13-27(14-12-17)33(30,31)21-9-7-18(8-10-21)23(28)25-19-4-2-5-20(16-19)26-24(29)22-6-3-15-32-22/h2-10,15-17H,11-14H2,1H3,(H,25,28)(H,26,29). The van der Waals surface area contributed by atoms with Crippen molar-refractivity contribution in [3.8, 4) is 0 Å². The van der Waals surface area contributed by atoms with Crippen LogP contribution in [0.4, 0.5) is 11.4 Å². The molecule has 2 amide bonds. The lowest BCUT2D eigenvalue weighted by Gasteiger charge is -2.29. The third-order valence-electron chi connectivity index (χ3n) is 5.62. The van der Waals surface area contributed by atoms with Gasteiger partial charge in [0.1, 0.15) is 0 Å². The Hall–Kier alpha value is -3.43. The molecule has 8 nitrogen and oxygen atoms in total. The zero-order valence-corrected chi connectivity index (χ0v) is 19.0. The minimum Gasteiger partial charge on any atom is -0.459 e. The summed E-state index contributed by atoms with van der Waals surface area (Å²) in [6.07, 6.45) is 3.11. The number of sulfonamides is 1. The van der Waals surface area contributed by atoms with Crippen LogP contribution in [0.25, 0.3) is 0 Å². The van der Waals surface area contributed by atoms with Gasteiger partial charge in [-0.3, -0.25) is 9.59 Å². The second-order valence-corrected chi connectivity index (χ2v) is 10.0. The van der Waals surface area contributed by atoms with E-state index in [9.17, 15) is 18.0 Å². The molecule has 0 radical (unpaired) electrons. The lowest BCUT2D eigenvalue weighted by Crippen LogP contribution is -2.37. The molecule has 33 heavy (non-hydrogen) atoms. The van der Waals surface area contributed by atoms with Gasteiger partial charge in [-0.1, -0.05) is 13.0 Å². The number of nitrogens with one attached hydrogen (secondary N) is 2. The lowest BCUT2D eigenvalue weighted by atomic mass is 10.0. The largest absolute Gasteiger partial charge is 0.459 e. The van der Waals surface area contributed by atoms with Gasteiger partial charge in [0.2, 0.25) is 10.0 Å². The Bertz CT molecular complexity index is 1230. The first-order chi connectivity index (χ1) is 15.8. The highest BCUT2D eigenvalue weighted by molar-refractivity contribution is 7.89. The van der Waals surface area contributed by atoms with E-state index in [0.717, 1.165) is 12.8 Å². The van der Waals surface area contributed by atoms with Crippen LogP contribution in [-0.4, -0.2) is 37.6 Å². The molecule has 172 valence electrons. The fourth-order valence-corrected chi connectivity index (χ4v) is 5.10. The molecule has 0 spiro atoms. The molecule has 0 saturated carbocycles. The Balaban J connectivity index is 1.41. The fraction of sp³-hybridized carbons (Fsp3) is 0.250. The number of piperidine rings is 1.